The molecule has 4 aromatic carbocycles. The van der Waals surface area contributed by atoms with E-state index >= 15 is 0 Å². The molecule has 5 nitrogen and oxygen atoms in total. The third-order valence-corrected chi connectivity index (χ3v) is 7.05. The van der Waals surface area contributed by atoms with Crippen molar-refractivity contribution in [3.63, 3.8) is 0 Å². The van der Waals surface area contributed by atoms with Crippen LogP contribution in [0.2, 0.25) is 0 Å². The first-order valence-corrected chi connectivity index (χ1v) is 13.3. The molecule has 2 atom stereocenters. The summed E-state index contributed by atoms with van der Waals surface area (Å²) in [6, 6.07) is 46.5. The van der Waals surface area contributed by atoms with Crippen LogP contribution < -0.4 is 37.2 Å². The minimum Gasteiger partial charge on any atom is -1.00 e. The number of hydrogen-bond acceptors (Lipinski definition) is 5. The van der Waals surface area contributed by atoms with Gasteiger partial charge in [0.15, 0.2) is 11.7 Å². The van der Waals surface area contributed by atoms with Gasteiger partial charge in [0.05, 0.1) is 11.4 Å². The average molecular weight is 681 g/mol. The smallest absolute Gasteiger partial charge is 1.00 e. The molecule has 0 fully saturated rings. The molecule has 2 unspecified atom stereocenters. The standard InChI is InChI=1S/C35H25N5.3ClH.Co/c1-5-14-24(15-6-1)30-31(25-16-7-2-8-17-25)38-34(37-30)28-22-13-23-29(36-28)35-39-32(26-18-9-3-10-19-26)33(40-35)27-20-11-4-12-21-27;;;;/h1-23,30,32H;3*1H;/q;;;;+3/p-3. The average Bonchev–Trinajstić information content (AvgIpc) is 3.69. The Morgan fingerprint density at radius 1 is 0.386 bits per heavy atom. The molecule has 0 amide bonds. The Morgan fingerprint density at radius 3 is 1.09 bits per heavy atom. The van der Waals surface area contributed by atoms with Crippen LogP contribution in [-0.2, 0) is 16.8 Å². The summed E-state index contributed by atoms with van der Waals surface area (Å²) in [4.78, 5) is 25.1. The molecule has 0 saturated carbocycles. The molecule has 0 saturated heterocycles. The van der Waals surface area contributed by atoms with E-state index in [9.17, 15) is 0 Å². The predicted molar refractivity (Wildman–Crippen MR) is 162 cm³/mol. The first-order valence-electron chi connectivity index (χ1n) is 13.3. The minimum atomic E-state index is -0.196. The zero-order chi connectivity index (χ0) is 26.7. The van der Waals surface area contributed by atoms with Gasteiger partial charge in [0.25, 0.3) is 0 Å². The van der Waals surface area contributed by atoms with Gasteiger partial charge >= 0.3 is 16.8 Å². The second-order valence-corrected chi connectivity index (χ2v) is 9.67. The van der Waals surface area contributed by atoms with E-state index in [1.165, 1.54) is 0 Å². The van der Waals surface area contributed by atoms with Crippen molar-refractivity contribution in [1.82, 2.24) is 4.98 Å². The van der Waals surface area contributed by atoms with Crippen molar-refractivity contribution in [2.45, 2.75) is 12.1 Å². The van der Waals surface area contributed by atoms with Gasteiger partial charge in [-0.15, -0.1) is 0 Å². The number of hydrogen-bond donors (Lipinski definition) is 0. The fraction of sp³-hybridized carbons (Fsp3) is 0.0571. The summed E-state index contributed by atoms with van der Waals surface area (Å²) < 4.78 is 0. The van der Waals surface area contributed by atoms with Crippen molar-refractivity contribution in [2.24, 2.45) is 20.0 Å². The molecule has 1 aromatic heterocycles. The van der Waals surface area contributed by atoms with Gasteiger partial charge in [-0.2, -0.15) is 0 Å². The molecule has 44 heavy (non-hydrogen) atoms. The van der Waals surface area contributed by atoms with Crippen LogP contribution in [0.15, 0.2) is 159 Å². The Balaban J connectivity index is 0.00000132. The van der Waals surface area contributed by atoms with E-state index < -0.39 is 0 Å². The van der Waals surface area contributed by atoms with Crippen LogP contribution in [0.1, 0.15) is 45.7 Å². The van der Waals surface area contributed by atoms with E-state index in [4.69, 9.17) is 25.0 Å². The summed E-state index contributed by atoms with van der Waals surface area (Å²) in [5.74, 6) is 1.22. The maximum atomic E-state index is 5.05. The van der Waals surface area contributed by atoms with Crippen LogP contribution in [0.5, 0.6) is 0 Å². The Bertz CT molecular complexity index is 1670. The SMILES string of the molecule is [Cl-].[Cl-].[Cl-].[Co+3].c1ccc(C2=NC(c3cccc(C4=NC(c5ccccc5)C(c5ccccc5)=N4)n3)=NC2c2ccccc2)cc1. The number of nitrogens with zero attached hydrogens (tertiary/aromatic N) is 5. The summed E-state index contributed by atoms with van der Waals surface area (Å²) in [5.41, 5.74) is 7.53. The molecule has 7 rings (SSSR count). The summed E-state index contributed by atoms with van der Waals surface area (Å²) in [6.07, 6.45) is 0. The molecule has 0 radical (unpaired) electrons. The first kappa shape index (κ1) is 34.6. The molecule has 0 N–H and O–H groups in total. The quantitative estimate of drug-likeness (QED) is 0.206. The van der Waals surface area contributed by atoms with Crippen molar-refractivity contribution in [1.29, 1.82) is 0 Å². The van der Waals surface area contributed by atoms with Gasteiger partial charge in [-0.1, -0.05) is 127 Å². The maximum Gasteiger partial charge on any atom is 3.00 e. The van der Waals surface area contributed by atoms with Crippen LogP contribution in [0.3, 0.4) is 0 Å². The minimum absolute atomic E-state index is 0. The van der Waals surface area contributed by atoms with E-state index in [1.807, 2.05) is 91.0 Å². The molecule has 0 aliphatic carbocycles. The molecule has 2 aliphatic rings. The van der Waals surface area contributed by atoms with Crippen molar-refractivity contribution in [3.8, 4) is 0 Å². The van der Waals surface area contributed by atoms with E-state index in [2.05, 4.69) is 48.5 Å². The van der Waals surface area contributed by atoms with Crippen molar-refractivity contribution in [3.05, 3.63) is 173 Å². The van der Waals surface area contributed by atoms with Crippen LogP contribution in [0.4, 0.5) is 0 Å². The van der Waals surface area contributed by atoms with Gasteiger partial charge in [0.2, 0.25) is 0 Å². The van der Waals surface area contributed by atoms with Gasteiger partial charge in [0.1, 0.15) is 23.5 Å². The van der Waals surface area contributed by atoms with Gasteiger partial charge < -0.3 is 37.2 Å². The van der Waals surface area contributed by atoms with Crippen molar-refractivity contribution in [2.75, 3.05) is 0 Å². The summed E-state index contributed by atoms with van der Waals surface area (Å²) >= 11 is 0. The van der Waals surface area contributed by atoms with Gasteiger partial charge in [0, 0.05) is 0 Å². The monoisotopic (exact) mass is 679 g/mol. The normalized spacial score (nSPS) is 16.5. The third-order valence-electron chi connectivity index (χ3n) is 7.05. The second kappa shape index (κ2) is 15.7. The molecular weight excluding hydrogens is 656 g/mol. The van der Waals surface area contributed by atoms with Crippen LogP contribution >= 0.6 is 0 Å². The fourth-order valence-corrected chi connectivity index (χ4v) is 5.10. The fourth-order valence-electron chi connectivity index (χ4n) is 5.10. The van der Waals surface area contributed by atoms with Crippen molar-refractivity contribution < 1.29 is 54.0 Å². The number of aliphatic imine (C=N–C) groups is 4. The van der Waals surface area contributed by atoms with Crippen molar-refractivity contribution >= 4 is 23.1 Å². The Kier molecular flexibility index (Phi) is 12.3. The molecule has 0 spiro atoms. The van der Waals surface area contributed by atoms with Gasteiger partial charge in [-0.25, -0.2) is 15.0 Å². The van der Waals surface area contributed by atoms with E-state index in [-0.39, 0.29) is 66.1 Å². The van der Waals surface area contributed by atoms with Gasteiger partial charge in [-0.05, 0) is 34.4 Å². The Labute approximate surface area is 285 Å². The van der Waals surface area contributed by atoms with Crippen LogP contribution in [0, 0.1) is 0 Å². The summed E-state index contributed by atoms with van der Waals surface area (Å²) in [5, 5.41) is 0. The number of aromatic nitrogens is 1. The summed E-state index contributed by atoms with van der Waals surface area (Å²) in [7, 11) is 0. The molecule has 220 valence electrons. The third kappa shape index (κ3) is 7.07. The summed E-state index contributed by atoms with van der Waals surface area (Å²) in [6.45, 7) is 0. The van der Waals surface area contributed by atoms with Crippen LogP contribution in [-0.4, -0.2) is 28.1 Å². The van der Waals surface area contributed by atoms with E-state index in [0.29, 0.717) is 23.1 Å². The number of benzene rings is 4. The molecule has 0 bridgehead atoms. The second-order valence-electron chi connectivity index (χ2n) is 9.67. The molecular formula is C35H25Cl3CoN5. The maximum absolute atomic E-state index is 5.05. The molecule has 3 heterocycles. The zero-order valence-electron chi connectivity index (χ0n) is 23.1. The Morgan fingerprint density at radius 2 is 0.727 bits per heavy atom. The number of amidine groups is 2. The van der Waals surface area contributed by atoms with E-state index in [0.717, 1.165) is 33.7 Å². The predicted octanol–water partition coefficient (Wildman–Crippen LogP) is -1.93. The first-order chi connectivity index (χ1) is 19.8. The molecule has 9 heteroatoms. The zero-order valence-corrected chi connectivity index (χ0v) is 26.4. The van der Waals surface area contributed by atoms with Crippen LogP contribution in [0.25, 0.3) is 0 Å². The molecule has 5 aromatic rings. The van der Waals surface area contributed by atoms with E-state index in [1.54, 1.807) is 0 Å². The Hall–Kier alpha value is -3.91. The number of rotatable bonds is 6. The number of pyridine rings is 1. The molecule has 2 aliphatic heterocycles. The largest absolute Gasteiger partial charge is 3.00 e. The topological polar surface area (TPSA) is 62.3 Å². The van der Waals surface area contributed by atoms with Gasteiger partial charge in [-0.3, -0.25) is 9.98 Å². The number of halogens is 3.